The van der Waals surface area contributed by atoms with Crippen LogP contribution in [-0.4, -0.2) is 35.7 Å². The number of hydrogen-bond acceptors (Lipinski definition) is 4. The standard InChI is InChI=1S/C12H13N3O3/c1-7-3-2-4-8(13)11(7)12(18)15-5-9(16)14-10(17)6-15/h2-4H,5-6,13H2,1H3,(H,14,16,17). The van der Waals surface area contributed by atoms with Crippen LogP contribution in [0.3, 0.4) is 0 Å². The molecule has 1 aromatic rings. The number of anilines is 1. The Bertz CT molecular complexity index is 503. The fourth-order valence-corrected chi connectivity index (χ4v) is 1.92. The summed E-state index contributed by atoms with van der Waals surface area (Å²) in [6, 6.07) is 5.12. The fraction of sp³-hybridized carbons (Fsp3) is 0.250. The number of carbonyl (C=O) groups excluding carboxylic acids is 3. The Morgan fingerprint density at radius 1 is 1.28 bits per heavy atom. The highest BCUT2D eigenvalue weighted by Crippen LogP contribution is 2.18. The Morgan fingerprint density at radius 3 is 2.44 bits per heavy atom. The molecular weight excluding hydrogens is 234 g/mol. The van der Waals surface area contributed by atoms with Crippen molar-refractivity contribution in [3.8, 4) is 0 Å². The van der Waals surface area contributed by atoms with Crippen LogP contribution in [0.15, 0.2) is 18.2 Å². The molecule has 3 amide bonds. The molecular formula is C12H13N3O3. The number of rotatable bonds is 1. The van der Waals surface area contributed by atoms with Crippen LogP contribution < -0.4 is 11.1 Å². The number of hydrogen-bond donors (Lipinski definition) is 2. The van der Waals surface area contributed by atoms with E-state index in [9.17, 15) is 14.4 Å². The zero-order valence-electron chi connectivity index (χ0n) is 9.90. The van der Waals surface area contributed by atoms with Crippen molar-refractivity contribution in [2.75, 3.05) is 18.8 Å². The van der Waals surface area contributed by atoms with Crippen LogP contribution in [0.25, 0.3) is 0 Å². The van der Waals surface area contributed by atoms with Crippen LogP contribution in [0, 0.1) is 6.92 Å². The number of imide groups is 1. The molecule has 2 rings (SSSR count). The molecule has 0 spiro atoms. The maximum Gasteiger partial charge on any atom is 0.257 e. The molecule has 0 aromatic heterocycles. The van der Waals surface area contributed by atoms with E-state index in [2.05, 4.69) is 5.32 Å². The monoisotopic (exact) mass is 247 g/mol. The predicted molar refractivity (Wildman–Crippen MR) is 64.6 cm³/mol. The number of aryl methyl sites for hydroxylation is 1. The van der Waals surface area contributed by atoms with E-state index in [-0.39, 0.29) is 13.1 Å². The smallest absolute Gasteiger partial charge is 0.257 e. The number of nitrogens with one attached hydrogen (secondary N) is 1. The molecule has 0 aliphatic carbocycles. The van der Waals surface area contributed by atoms with Crippen molar-refractivity contribution in [1.29, 1.82) is 0 Å². The normalized spacial score (nSPS) is 15.5. The van der Waals surface area contributed by atoms with Crippen molar-refractivity contribution in [3.05, 3.63) is 29.3 Å². The molecule has 3 N–H and O–H groups in total. The molecule has 1 aliphatic heterocycles. The second-order valence-electron chi connectivity index (χ2n) is 4.17. The fourth-order valence-electron chi connectivity index (χ4n) is 1.92. The molecule has 6 heteroatoms. The SMILES string of the molecule is Cc1cccc(N)c1C(=O)N1CC(=O)NC(=O)C1. The first-order valence-corrected chi connectivity index (χ1v) is 5.46. The van der Waals surface area contributed by atoms with Gasteiger partial charge in [0, 0.05) is 5.69 Å². The summed E-state index contributed by atoms with van der Waals surface area (Å²) < 4.78 is 0. The van der Waals surface area contributed by atoms with E-state index >= 15 is 0 Å². The number of nitrogens with zero attached hydrogens (tertiary/aromatic N) is 1. The van der Waals surface area contributed by atoms with Crippen LogP contribution in [-0.2, 0) is 9.59 Å². The second-order valence-corrected chi connectivity index (χ2v) is 4.17. The molecule has 6 nitrogen and oxygen atoms in total. The third-order valence-corrected chi connectivity index (χ3v) is 2.75. The summed E-state index contributed by atoms with van der Waals surface area (Å²) in [6.45, 7) is 1.51. The molecule has 1 aromatic carbocycles. The van der Waals surface area contributed by atoms with E-state index in [1.165, 1.54) is 4.90 Å². The van der Waals surface area contributed by atoms with Crippen LogP contribution >= 0.6 is 0 Å². The number of nitrogens with two attached hydrogens (primary N) is 1. The Kier molecular flexibility index (Phi) is 3.01. The Labute approximate surface area is 104 Å². The zero-order chi connectivity index (χ0) is 13.3. The molecule has 1 heterocycles. The topological polar surface area (TPSA) is 92.5 Å². The first kappa shape index (κ1) is 12.1. The minimum atomic E-state index is -0.480. The molecule has 94 valence electrons. The lowest BCUT2D eigenvalue weighted by Gasteiger charge is -2.26. The van der Waals surface area contributed by atoms with Crippen LogP contribution in [0.4, 0.5) is 5.69 Å². The summed E-state index contributed by atoms with van der Waals surface area (Å²) in [5, 5.41) is 2.14. The molecule has 0 saturated carbocycles. The summed E-state index contributed by atoms with van der Waals surface area (Å²) in [7, 11) is 0. The molecule has 1 aliphatic rings. The van der Waals surface area contributed by atoms with Gasteiger partial charge in [0.1, 0.15) is 13.1 Å². The van der Waals surface area contributed by atoms with Crippen LogP contribution in [0.2, 0.25) is 0 Å². The van der Waals surface area contributed by atoms with Crippen molar-refractivity contribution in [1.82, 2.24) is 10.2 Å². The number of amides is 3. The van der Waals surface area contributed by atoms with Gasteiger partial charge >= 0.3 is 0 Å². The van der Waals surface area contributed by atoms with Gasteiger partial charge in [0.25, 0.3) is 5.91 Å². The van der Waals surface area contributed by atoms with Crippen molar-refractivity contribution in [2.24, 2.45) is 0 Å². The summed E-state index contributed by atoms with van der Waals surface area (Å²) >= 11 is 0. The van der Waals surface area contributed by atoms with E-state index in [1.54, 1.807) is 25.1 Å². The van der Waals surface area contributed by atoms with Gasteiger partial charge in [-0.1, -0.05) is 12.1 Å². The third-order valence-electron chi connectivity index (χ3n) is 2.75. The lowest BCUT2D eigenvalue weighted by molar-refractivity contribution is -0.135. The van der Waals surface area contributed by atoms with Gasteiger partial charge in [0.05, 0.1) is 5.56 Å². The average molecular weight is 247 g/mol. The maximum atomic E-state index is 12.2. The van der Waals surface area contributed by atoms with Gasteiger partial charge in [-0.3, -0.25) is 19.7 Å². The first-order valence-electron chi connectivity index (χ1n) is 5.46. The largest absolute Gasteiger partial charge is 0.398 e. The molecule has 0 bridgehead atoms. The van der Waals surface area contributed by atoms with Gasteiger partial charge in [-0.05, 0) is 18.6 Å². The lowest BCUT2D eigenvalue weighted by atomic mass is 10.1. The van der Waals surface area contributed by atoms with E-state index in [4.69, 9.17) is 5.73 Å². The summed E-state index contributed by atoms with van der Waals surface area (Å²) in [5.41, 5.74) is 7.18. The molecule has 1 saturated heterocycles. The number of benzene rings is 1. The summed E-state index contributed by atoms with van der Waals surface area (Å²) in [5.74, 6) is -1.35. The predicted octanol–water partition coefficient (Wildman–Crippen LogP) is -0.324. The Balaban J connectivity index is 2.31. The summed E-state index contributed by atoms with van der Waals surface area (Å²) in [4.78, 5) is 35.9. The molecule has 0 unspecified atom stereocenters. The van der Waals surface area contributed by atoms with E-state index < -0.39 is 17.7 Å². The van der Waals surface area contributed by atoms with Gasteiger partial charge in [-0.25, -0.2) is 0 Å². The van der Waals surface area contributed by atoms with Gasteiger partial charge in [-0.15, -0.1) is 0 Å². The zero-order valence-corrected chi connectivity index (χ0v) is 9.90. The highest BCUT2D eigenvalue weighted by molar-refractivity contribution is 6.07. The quantitative estimate of drug-likeness (QED) is 0.525. The van der Waals surface area contributed by atoms with Gasteiger partial charge in [-0.2, -0.15) is 0 Å². The van der Waals surface area contributed by atoms with Crippen molar-refractivity contribution < 1.29 is 14.4 Å². The number of carbonyl (C=O) groups is 3. The molecule has 1 fully saturated rings. The minimum absolute atomic E-state index is 0.127. The second kappa shape index (κ2) is 4.48. The maximum absolute atomic E-state index is 12.2. The van der Waals surface area contributed by atoms with E-state index in [0.717, 1.165) is 5.56 Å². The van der Waals surface area contributed by atoms with Crippen molar-refractivity contribution >= 4 is 23.4 Å². The highest BCUT2D eigenvalue weighted by Gasteiger charge is 2.28. The number of nitrogen functional groups attached to an aromatic ring is 1. The van der Waals surface area contributed by atoms with Gasteiger partial charge in [0.15, 0.2) is 0 Å². The van der Waals surface area contributed by atoms with Crippen molar-refractivity contribution in [2.45, 2.75) is 6.92 Å². The lowest BCUT2D eigenvalue weighted by Crippen LogP contribution is -2.53. The summed E-state index contributed by atoms with van der Waals surface area (Å²) in [6.07, 6.45) is 0. The first-order chi connectivity index (χ1) is 8.49. The van der Waals surface area contributed by atoms with Crippen LogP contribution in [0.5, 0.6) is 0 Å². The molecule has 18 heavy (non-hydrogen) atoms. The highest BCUT2D eigenvalue weighted by atomic mass is 16.2. The number of piperazine rings is 1. The van der Waals surface area contributed by atoms with Crippen LogP contribution in [0.1, 0.15) is 15.9 Å². The van der Waals surface area contributed by atoms with Gasteiger partial charge in [0.2, 0.25) is 11.8 Å². The Morgan fingerprint density at radius 2 is 1.89 bits per heavy atom. The minimum Gasteiger partial charge on any atom is -0.398 e. The molecule has 0 radical (unpaired) electrons. The van der Waals surface area contributed by atoms with Gasteiger partial charge < -0.3 is 10.6 Å². The Hall–Kier alpha value is -2.37. The average Bonchev–Trinajstić information content (AvgIpc) is 2.27. The van der Waals surface area contributed by atoms with E-state index in [1.807, 2.05) is 0 Å². The third kappa shape index (κ3) is 2.17. The van der Waals surface area contributed by atoms with Crippen molar-refractivity contribution in [3.63, 3.8) is 0 Å². The van der Waals surface area contributed by atoms with E-state index in [0.29, 0.717) is 11.3 Å². The molecule has 0 atom stereocenters.